The number of hydrogen-bond donors (Lipinski definition) is 0. The van der Waals surface area contributed by atoms with Crippen LogP contribution in [0.15, 0.2) is 265 Å². The van der Waals surface area contributed by atoms with Gasteiger partial charge in [-0.3, -0.25) is 0 Å². The highest BCUT2D eigenvalue weighted by atomic mass is 16.3. The highest BCUT2D eigenvalue weighted by Crippen LogP contribution is 2.63. The maximum atomic E-state index is 5.72. The molecule has 2 aliphatic rings. The van der Waals surface area contributed by atoms with Gasteiger partial charge in [-0.05, 0) is 109 Å². The van der Waals surface area contributed by atoms with Crippen molar-refractivity contribution in [3.63, 3.8) is 0 Å². The summed E-state index contributed by atoms with van der Waals surface area (Å²) in [5.41, 5.74) is 20.5. The Hall–Kier alpha value is -8.46. The zero-order valence-electron chi connectivity index (χ0n) is 36.2. The molecule has 0 amide bonds. The molecular weight excluding hydrogens is 799 g/mol. The molecule has 0 fully saturated rings. The highest BCUT2D eigenvalue weighted by Gasteiger charge is 2.49. The largest absolute Gasteiger partial charge is 0.464 e. The fraction of sp³-hybridized carbons (Fsp3) is 0.0312. The van der Waals surface area contributed by atoms with E-state index < -0.39 is 10.8 Å². The first kappa shape index (κ1) is 38.0. The molecule has 11 aromatic rings. The van der Waals surface area contributed by atoms with Gasteiger partial charge in [-0.15, -0.1) is 0 Å². The molecule has 0 atom stereocenters. The van der Waals surface area contributed by atoms with Crippen LogP contribution >= 0.6 is 0 Å². The fourth-order valence-electron chi connectivity index (χ4n) is 11.7. The van der Waals surface area contributed by atoms with Crippen LogP contribution in [0.5, 0.6) is 0 Å². The predicted octanol–water partition coefficient (Wildman–Crippen LogP) is 16.3. The second-order valence-corrected chi connectivity index (χ2v) is 17.5. The lowest BCUT2D eigenvalue weighted by atomic mass is 9.67. The smallest absolute Gasteiger partial charge is 0.133 e. The van der Waals surface area contributed by atoms with Gasteiger partial charge in [0.1, 0.15) is 5.58 Å². The third-order valence-electron chi connectivity index (χ3n) is 14.3. The molecule has 2 aliphatic carbocycles. The SMILES string of the molecule is c1ccc(C2(c3ccccc3)c3ccccc3-c3c(N(c4ccc(-c5ccc6occc6c5)cc4)c4cccc5c4-c4ccccc4C5(c4ccccc4)c4ccccc4)cccc32)cc1. The van der Waals surface area contributed by atoms with E-state index in [1.165, 1.54) is 66.8 Å². The number of hydrogen-bond acceptors (Lipinski definition) is 2. The van der Waals surface area contributed by atoms with E-state index in [1.807, 2.05) is 6.07 Å². The molecule has 13 rings (SSSR count). The molecule has 0 N–H and O–H groups in total. The topological polar surface area (TPSA) is 16.4 Å². The normalized spacial score (nSPS) is 13.7. The summed E-state index contributed by atoms with van der Waals surface area (Å²) < 4.78 is 5.72. The first-order valence-corrected chi connectivity index (χ1v) is 22.8. The first-order valence-electron chi connectivity index (χ1n) is 22.8. The van der Waals surface area contributed by atoms with Gasteiger partial charge in [-0.2, -0.15) is 0 Å². The maximum absolute atomic E-state index is 5.72. The molecule has 0 spiro atoms. The lowest BCUT2D eigenvalue weighted by Gasteiger charge is -2.35. The van der Waals surface area contributed by atoms with Crippen molar-refractivity contribution in [2.75, 3.05) is 4.90 Å². The summed E-state index contributed by atoms with van der Waals surface area (Å²) in [5.74, 6) is 0. The van der Waals surface area contributed by atoms with Gasteiger partial charge in [-0.1, -0.05) is 212 Å². The number of rotatable bonds is 8. The van der Waals surface area contributed by atoms with Crippen LogP contribution in [-0.4, -0.2) is 0 Å². The molecule has 1 heterocycles. The Bertz CT molecular complexity index is 3310. The molecule has 2 nitrogen and oxygen atoms in total. The van der Waals surface area contributed by atoms with E-state index >= 15 is 0 Å². The number of nitrogens with zero attached hydrogens (tertiary/aromatic N) is 1. The van der Waals surface area contributed by atoms with Crippen LogP contribution in [0.4, 0.5) is 17.1 Å². The lowest BCUT2D eigenvalue weighted by molar-refractivity contribution is 0.616. The zero-order chi connectivity index (χ0) is 43.7. The van der Waals surface area contributed by atoms with E-state index in [2.05, 4.69) is 254 Å². The van der Waals surface area contributed by atoms with Gasteiger partial charge in [0.2, 0.25) is 0 Å². The predicted molar refractivity (Wildman–Crippen MR) is 271 cm³/mol. The molecule has 1 aromatic heterocycles. The molecule has 310 valence electrons. The van der Waals surface area contributed by atoms with Crippen molar-refractivity contribution in [1.29, 1.82) is 0 Å². The van der Waals surface area contributed by atoms with E-state index in [0.29, 0.717) is 0 Å². The van der Waals surface area contributed by atoms with Gasteiger partial charge < -0.3 is 9.32 Å². The Morgan fingerprint density at radius 2 is 0.727 bits per heavy atom. The molecular formula is C64H43NO. The first-order chi connectivity index (χ1) is 32.8. The number of fused-ring (bicyclic) bond motifs is 7. The molecule has 10 aromatic carbocycles. The number of furan rings is 1. The lowest BCUT2D eigenvalue weighted by Crippen LogP contribution is -2.28. The van der Waals surface area contributed by atoms with Crippen LogP contribution in [0.25, 0.3) is 44.3 Å². The van der Waals surface area contributed by atoms with Crippen LogP contribution < -0.4 is 4.90 Å². The van der Waals surface area contributed by atoms with Crippen molar-refractivity contribution in [3.8, 4) is 33.4 Å². The summed E-state index contributed by atoms with van der Waals surface area (Å²) in [5, 5.41) is 1.09. The second kappa shape index (κ2) is 15.1. The standard InChI is InChI=1S/C64H43NO/c1-5-19-47(20-6-1)63(48-21-7-2-8-22-48)54-29-15-13-27-52(54)61-56(63)31-17-33-58(61)65(51-38-35-44(36-39-51)45-37-40-60-46(43-45)41-42-66-60)59-34-18-32-57-62(59)53-28-14-16-30-55(53)64(57,49-23-9-3-10-24-49)50-25-11-4-12-26-50/h1-43H. The maximum Gasteiger partial charge on any atom is 0.133 e. The summed E-state index contributed by atoms with van der Waals surface area (Å²) >= 11 is 0. The Morgan fingerprint density at radius 1 is 0.318 bits per heavy atom. The van der Waals surface area contributed by atoms with Crippen LogP contribution in [0.2, 0.25) is 0 Å². The number of benzene rings is 10. The molecule has 0 aliphatic heterocycles. The van der Waals surface area contributed by atoms with E-state index in [0.717, 1.165) is 39.2 Å². The molecule has 0 bridgehead atoms. The summed E-state index contributed by atoms with van der Waals surface area (Å²) in [4.78, 5) is 2.55. The average Bonchev–Trinajstić information content (AvgIpc) is 4.09. The van der Waals surface area contributed by atoms with Crippen LogP contribution in [-0.2, 0) is 10.8 Å². The second-order valence-electron chi connectivity index (χ2n) is 17.5. The van der Waals surface area contributed by atoms with Crippen molar-refractivity contribution in [2.45, 2.75) is 10.8 Å². The minimum atomic E-state index is -0.549. The molecule has 66 heavy (non-hydrogen) atoms. The Morgan fingerprint density at radius 3 is 1.20 bits per heavy atom. The third-order valence-corrected chi connectivity index (χ3v) is 14.3. The van der Waals surface area contributed by atoms with E-state index in [4.69, 9.17) is 4.42 Å². The van der Waals surface area contributed by atoms with Crippen molar-refractivity contribution >= 4 is 28.0 Å². The van der Waals surface area contributed by atoms with Crippen LogP contribution in [0.3, 0.4) is 0 Å². The Labute approximate surface area is 385 Å². The van der Waals surface area contributed by atoms with E-state index in [9.17, 15) is 0 Å². The monoisotopic (exact) mass is 841 g/mol. The summed E-state index contributed by atoms with van der Waals surface area (Å²) in [7, 11) is 0. The third kappa shape index (κ3) is 5.42. The fourth-order valence-corrected chi connectivity index (χ4v) is 11.7. The molecule has 0 radical (unpaired) electrons. The van der Waals surface area contributed by atoms with Gasteiger partial charge in [-0.25, -0.2) is 0 Å². The van der Waals surface area contributed by atoms with E-state index in [-0.39, 0.29) is 0 Å². The minimum absolute atomic E-state index is 0.549. The quantitative estimate of drug-likeness (QED) is 0.152. The summed E-state index contributed by atoms with van der Waals surface area (Å²) in [6, 6.07) is 94.1. The summed E-state index contributed by atoms with van der Waals surface area (Å²) in [6.45, 7) is 0. The van der Waals surface area contributed by atoms with Gasteiger partial charge in [0.05, 0.1) is 28.5 Å². The van der Waals surface area contributed by atoms with Crippen LogP contribution in [0.1, 0.15) is 44.5 Å². The zero-order valence-corrected chi connectivity index (χ0v) is 36.2. The van der Waals surface area contributed by atoms with Crippen molar-refractivity contribution in [2.24, 2.45) is 0 Å². The van der Waals surface area contributed by atoms with Crippen molar-refractivity contribution in [3.05, 3.63) is 306 Å². The van der Waals surface area contributed by atoms with Crippen molar-refractivity contribution < 1.29 is 4.42 Å². The Kier molecular flexibility index (Phi) is 8.69. The summed E-state index contributed by atoms with van der Waals surface area (Å²) in [6.07, 6.45) is 1.76. The van der Waals surface area contributed by atoms with Gasteiger partial charge >= 0.3 is 0 Å². The van der Waals surface area contributed by atoms with E-state index in [1.54, 1.807) is 6.26 Å². The minimum Gasteiger partial charge on any atom is -0.464 e. The molecule has 0 saturated heterocycles. The number of anilines is 3. The molecule has 2 heteroatoms. The average molecular weight is 842 g/mol. The molecule has 0 unspecified atom stereocenters. The Balaban J connectivity index is 1.12. The van der Waals surface area contributed by atoms with Gasteiger partial charge in [0.15, 0.2) is 0 Å². The van der Waals surface area contributed by atoms with Crippen molar-refractivity contribution in [1.82, 2.24) is 0 Å². The highest BCUT2D eigenvalue weighted by molar-refractivity contribution is 6.02. The van der Waals surface area contributed by atoms with Gasteiger partial charge in [0, 0.05) is 22.2 Å². The molecule has 0 saturated carbocycles. The van der Waals surface area contributed by atoms with Crippen LogP contribution in [0, 0.1) is 0 Å². The van der Waals surface area contributed by atoms with Gasteiger partial charge in [0.25, 0.3) is 0 Å².